The average molecular weight is 1810 g/mol. The number of hydrogen-bond acceptors (Lipinski definition) is 29. The van der Waals surface area contributed by atoms with E-state index in [0.29, 0.717) is 119 Å². The van der Waals surface area contributed by atoms with Crippen molar-refractivity contribution in [3.05, 3.63) is 156 Å². The first-order valence-corrected chi connectivity index (χ1v) is 44.6. The number of thioether (sulfide) groups is 2. The van der Waals surface area contributed by atoms with E-state index in [4.69, 9.17) is 48.1 Å². The highest BCUT2D eigenvalue weighted by Gasteiger charge is 2.47. The summed E-state index contributed by atoms with van der Waals surface area (Å²) in [6.45, 7) is 17.1. The number of aliphatic hydroxyl groups is 2. The smallest absolute Gasteiger partial charge is 0.414 e. The number of benzene rings is 2. The van der Waals surface area contributed by atoms with E-state index in [9.17, 15) is 72.1 Å². The summed E-state index contributed by atoms with van der Waals surface area (Å²) in [5.74, 6) is -6.11. The molecule has 8 aliphatic heterocycles. The number of morpholine rings is 2. The van der Waals surface area contributed by atoms with E-state index in [1.807, 2.05) is 37.5 Å². The molecular weight excluding hydrogens is 1700 g/mol. The Kier molecular flexibility index (Phi) is 37.2. The van der Waals surface area contributed by atoms with Crippen LogP contribution in [0.5, 0.6) is 0 Å². The normalized spacial score (nSPS) is 27.2. The zero-order valence-electron chi connectivity index (χ0n) is 71.9. The van der Waals surface area contributed by atoms with Crippen molar-refractivity contribution in [3.63, 3.8) is 0 Å². The first kappa shape index (κ1) is 98.1. The number of carbonyl (C=O) groups is 12. The van der Waals surface area contributed by atoms with Gasteiger partial charge in [0, 0.05) is 112 Å². The first-order chi connectivity index (χ1) is 60.9. The second kappa shape index (κ2) is 48.2. The first-order valence-electron chi connectivity index (χ1n) is 42.5. The predicted molar refractivity (Wildman–Crippen MR) is 465 cm³/mol. The molecule has 39 heteroatoms. The summed E-state index contributed by atoms with van der Waals surface area (Å²) in [7, 11) is 0. The molecule has 6 fully saturated rings. The maximum Gasteiger partial charge on any atom is 0.414 e. The highest BCUT2D eigenvalue weighted by Crippen LogP contribution is 2.37. The molecule has 12 atom stereocenters. The molecule has 0 radical (unpaired) electrons. The van der Waals surface area contributed by atoms with Crippen molar-refractivity contribution in [3.8, 4) is 0 Å². The summed E-state index contributed by atoms with van der Waals surface area (Å²) in [6, 6.07) is 7.32. The zero-order valence-corrected chi connectivity index (χ0v) is 73.5. The number of hydrogen-bond donors (Lipinski definition) is 7. The van der Waals surface area contributed by atoms with Crippen molar-refractivity contribution >= 4 is 117 Å². The molecule has 4 aromatic rings. The van der Waals surface area contributed by atoms with Gasteiger partial charge in [-0.2, -0.15) is 23.5 Å². The lowest BCUT2D eigenvalue weighted by Crippen LogP contribution is -2.47. The van der Waals surface area contributed by atoms with Crippen molar-refractivity contribution in [2.75, 3.05) is 136 Å². The second-order valence-corrected chi connectivity index (χ2v) is 34.2. The number of aliphatic carboxylic acids is 1. The number of rotatable bonds is 17. The number of carboxylic acid groups (broad SMARTS) is 1. The summed E-state index contributed by atoms with van der Waals surface area (Å²) < 4.78 is 73.3. The zero-order chi connectivity index (χ0) is 91.4. The van der Waals surface area contributed by atoms with Crippen LogP contribution in [0.1, 0.15) is 126 Å². The maximum atomic E-state index is 15.1. The number of oxazole rings is 2. The fourth-order valence-electron chi connectivity index (χ4n) is 15.2. The number of fused-ring (bicyclic) bond motifs is 6. The number of carboxylic acids is 1. The Balaban J connectivity index is 0.000000224. The van der Waals surface area contributed by atoms with Gasteiger partial charge in [-0.05, 0) is 88.1 Å². The van der Waals surface area contributed by atoms with Crippen LogP contribution in [-0.2, 0) is 79.6 Å². The molecular formula is C88H112F2N12O23S2. The van der Waals surface area contributed by atoms with Crippen LogP contribution in [0.3, 0.4) is 0 Å². The number of anilines is 4. The molecule has 0 spiro atoms. The molecule has 2 aromatic carbocycles. The standard InChI is InChI=1S/C44H55FN6O11S.C30H39N3O9S.C14H18FN3O3/c1-4-36-28(3)7-10-38(54)46-13-5-6-27(2)20-30(52)22-31(53)23-40-48-34(26-60-40)42(56)50-14-11-37(41(50)43(57)62-36)63-19-12-39(55)47-24-32-25-51(44(58)61-32)29-8-9-35(33(45)21-29)49-15-17-59-18-16-49;1-4-23-19(3)7-8-25(36)31-11-5-6-18(2)14-20(34)15-21(35)16-26-32-22(17-41-26)29(39)33-12-9-24(28(33)30(40)42-23)43-13-10-27(37)38;15-12-7-10(18-9-11(8-16)21-14(18)19)1-2-13(12)17-3-5-20-6-4-17/h5-10,20-21,26,28,30,32,36-37,41,52H,4,11-19,22-25H2,1-3H3,(H,46,54)(H,47,55);5-8,14,17,19-20,23-24,28,34H,4,9-13,15-16H2,1-3H3,(H,31,36)(H,37,38);1-2,7,11H,3-6,8-9,16H2/b6-5+,10-7+,27-20+;6-5+,8-7+,18-14+;/t28-,30-,32+,36-,37?,41?;19-,20-,23-,24?,28?;11-/m110/s1. The number of aromatic nitrogens is 2. The third kappa shape index (κ3) is 28.7. The molecule has 127 heavy (non-hydrogen) atoms. The summed E-state index contributed by atoms with van der Waals surface area (Å²) in [5.41, 5.74) is 8.50. The Hall–Kier alpha value is -11.1. The Labute approximate surface area is 742 Å². The van der Waals surface area contributed by atoms with Crippen LogP contribution in [0.25, 0.3) is 0 Å². The van der Waals surface area contributed by atoms with E-state index in [-0.39, 0.29) is 172 Å². The second-order valence-electron chi connectivity index (χ2n) is 31.5. The molecule has 4 unspecified atom stereocenters. The van der Waals surface area contributed by atoms with Crippen LogP contribution in [0.2, 0.25) is 0 Å². The Morgan fingerprint density at radius 3 is 1.42 bits per heavy atom. The average Bonchev–Trinajstić information content (AvgIpc) is 1.70. The number of nitrogens with zero attached hydrogens (tertiary/aromatic N) is 8. The number of ketones is 2. The molecule has 0 aliphatic carbocycles. The highest BCUT2D eigenvalue weighted by atomic mass is 32.2. The third-order valence-electron chi connectivity index (χ3n) is 21.9. The predicted octanol–water partition coefficient (Wildman–Crippen LogP) is 6.93. The monoisotopic (exact) mass is 1810 g/mol. The van der Waals surface area contributed by atoms with Crippen LogP contribution in [0.4, 0.5) is 41.1 Å². The molecule has 8 N–H and O–H groups in total. The minimum absolute atomic E-state index is 0.00708. The van der Waals surface area contributed by atoms with Gasteiger partial charge in [0.25, 0.3) is 11.8 Å². The van der Waals surface area contributed by atoms with Crippen LogP contribution in [0.15, 0.2) is 130 Å². The summed E-state index contributed by atoms with van der Waals surface area (Å²) in [4.78, 5) is 172. The summed E-state index contributed by atoms with van der Waals surface area (Å²) >= 11 is 2.63. The molecule has 7 amide bonds. The molecule has 35 nitrogen and oxygen atoms in total. The number of halogens is 2. The number of carbonyl (C=O) groups excluding carboxylic acids is 11. The molecule has 688 valence electrons. The Morgan fingerprint density at radius 1 is 0.583 bits per heavy atom. The van der Waals surface area contributed by atoms with Gasteiger partial charge in [-0.3, -0.25) is 48.2 Å². The Morgan fingerprint density at radius 2 is 1.01 bits per heavy atom. The van der Waals surface area contributed by atoms with Gasteiger partial charge in [0.05, 0.1) is 100 Å². The van der Waals surface area contributed by atoms with Gasteiger partial charge in [-0.25, -0.2) is 37.9 Å². The number of ether oxygens (including phenoxy) is 6. The number of amides is 7. The SMILES string of the molecule is CC[C@H]1OC(=O)C2C(SCCC(=O)NC[C@H]3CN(c4ccc(N5CCOCC5)c(F)c4)C(=O)O3)CCN2C(=O)c2coc(n2)CC(=O)C[C@H](O)/C=C(C)/C=C/CNC(=O)/C=C/[C@H]1C.CC[C@H]1OC(=O)C2C(SCCC(=O)O)CCN2C(=O)c2coc(n2)CC(=O)C[C@H](O)/C=C(C)/C=C/CNC(=O)/C=C/[C@H]1C.NC[C@H]1CN(c2ccc(N3CCOCC3)c(F)c2)C(=O)O1. The van der Waals surface area contributed by atoms with Crippen molar-refractivity contribution < 1.29 is 119 Å². The van der Waals surface area contributed by atoms with Crippen molar-refractivity contribution in [2.45, 2.75) is 165 Å². The van der Waals surface area contributed by atoms with E-state index >= 15 is 4.39 Å². The fraction of sp³-hybridized carbons (Fsp3) is 0.523. The number of Topliss-reactive ketones (excluding diaryl/α,β-unsaturated/α-hetero) is 2. The molecule has 2 aromatic heterocycles. The van der Waals surface area contributed by atoms with E-state index in [1.165, 1.54) is 79.6 Å². The van der Waals surface area contributed by atoms with Crippen molar-refractivity contribution in [1.82, 2.24) is 35.7 Å². The molecule has 8 aliphatic rings. The minimum Gasteiger partial charge on any atom is -0.481 e. The largest absolute Gasteiger partial charge is 0.481 e. The van der Waals surface area contributed by atoms with Crippen molar-refractivity contribution in [2.24, 2.45) is 17.6 Å². The van der Waals surface area contributed by atoms with E-state index in [1.54, 1.807) is 74.6 Å². The molecule has 12 rings (SSSR count). The van der Waals surface area contributed by atoms with Gasteiger partial charge in [-0.15, -0.1) is 0 Å². The number of nitrogens with one attached hydrogen (secondary N) is 3. The van der Waals surface area contributed by atoms with E-state index in [0.717, 1.165) is 12.5 Å². The topological polar surface area (TPSA) is 455 Å². The lowest BCUT2D eigenvalue weighted by molar-refractivity contribution is -0.156. The van der Waals surface area contributed by atoms with Gasteiger partial charge >= 0.3 is 30.1 Å². The molecule has 4 bridgehead atoms. The molecule has 0 saturated carbocycles. The summed E-state index contributed by atoms with van der Waals surface area (Å²) in [6.07, 6.45) is 13.5. The Bertz CT molecular complexity index is 4740. The number of aliphatic hydroxyl groups excluding tert-OH is 2. The van der Waals surface area contributed by atoms with Crippen molar-refractivity contribution in [1.29, 1.82) is 0 Å². The molecule has 10 heterocycles. The minimum atomic E-state index is -1.08. The summed E-state index contributed by atoms with van der Waals surface area (Å²) in [5, 5.41) is 37.3. The highest BCUT2D eigenvalue weighted by molar-refractivity contribution is 8.00. The van der Waals surface area contributed by atoms with Gasteiger partial charge in [0.1, 0.15) is 72.2 Å². The fourth-order valence-corrected chi connectivity index (χ4v) is 17.9. The van der Waals surface area contributed by atoms with Crippen LogP contribution in [0, 0.1) is 23.5 Å². The maximum absolute atomic E-state index is 15.1. The van der Waals surface area contributed by atoms with Crippen LogP contribution in [-0.4, -0.2) is 282 Å². The van der Waals surface area contributed by atoms with Gasteiger partial charge in [0.2, 0.25) is 29.5 Å². The number of esters is 2. The quantitative estimate of drug-likeness (QED) is 0.0416. The molecule has 6 saturated heterocycles. The number of allylic oxidation sites excluding steroid dienone is 4. The third-order valence-corrected chi connectivity index (χ3v) is 24.6. The lowest BCUT2D eigenvalue weighted by Gasteiger charge is -2.29. The van der Waals surface area contributed by atoms with Gasteiger partial charge in [-0.1, -0.05) is 87.4 Å². The number of cyclic esters (lactones) is 4. The van der Waals surface area contributed by atoms with E-state index in [2.05, 4.69) is 25.9 Å². The van der Waals surface area contributed by atoms with Gasteiger partial charge in [0.15, 0.2) is 11.4 Å². The number of nitrogens with two attached hydrogens (primary N) is 1. The lowest BCUT2D eigenvalue weighted by atomic mass is 10.0. The van der Waals surface area contributed by atoms with Gasteiger partial charge < -0.3 is 93.9 Å². The van der Waals surface area contributed by atoms with E-state index < -0.39 is 101 Å². The van der Waals surface area contributed by atoms with Crippen LogP contribution < -0.4 is 41.3 Å². The van der Waals surface area contributed by atoms with Crippen LogP contribution >= 0.6 is 23.5 Å².